The molecular weight excluding hydrogens is 361 g/mol. The lowest BCUT2D eigenvalue weighted by atomic mass is 10.1. The van der Waals surface area contributed by atoms with Crippen LogP contribution in [-0.2, 0) is 9.53 Å². The van der Waals surface area contributed by atoms with Gasteiger partial charge in [0.15, 0.2) is 6.10 Å². The van der Waals surface area contributed by atoms with E-state index in [4.69, 9.17) is 27.9 Å². The van der Waals surface area contributed by atoms with Crippen LogP contribution in [0.2, 0.25) is 10.0 Å². The number of benzene rings is 2. The lowest BCUT2D eigenvalue weighted by Gasteiger charge is -2.19. The Balaban J connectivity index is 1.97. The van der Waals surface area contributed by atoms with Crippen LogP contribution in [0.3, 0.4) is 0 Å². The summed E-state index contributed by atoms with van der Waals surface area (Å²) in [6.07, 6.45) is -0.928. The smallest absolute Gasteiger partial charge is 0.338 e. The van der Waals surface area contributed by atoms with Gasteiger partial charge in [0.2, 0.25) is 0 Å². The molecule has 0 aliphatic carbocycles. The molecule has 2 rings (SSSR count). The number of carbonyl (C=O) groups excluding carboxylic acids is 2. The summed E-state index contributed by atoms with van der Waals surface area (Å²) in [5, 5.41) is 3.76. The maximum atomic E-state index is 12.3. The molecule has 0 bridgehead atoms. The van der Waals surface area contributed by atoms with Crippen molar-refractivity contribution in [2.45, 2.75) is 32.9 Å². The van der Waals surface area contributed by atoms with Gasteiger partial charge in [-0.2, -0.15) is 0 Å². The number of aryl methyl sites for hydroxylation is 1. The third kappa shape index (κ3) is 5.21. The van der Waals surface area contributed by atoms with E-state index in [1.807, 2.05) is 19.1 Å². The first-order valence-electron chi connectivity index (χ1n) is 7.81. The molecule has 0 saturated carbocycles. The Morgan fingerprint density at radius 3 is 2.28 bits per heavy atom. The predicted octanol–water partition coefficient (Wildman–Crippen LogP) is 4.72. The van der Waals surface area contributed by atoms with Crippen molar-refractivity contribution in [3.8, 4) is 0 Å². The Bertz CT molecular complexity index is 775. The SMILES string of the molecule is Cc1ccc(C(=O)O[C@H](C)C(=O)N[C@@H](C)c2ccc(Cl)cc2Cl)cc1. The maximum absolute atomic E-state index is 12.3. The molecule has 2 atom stereocenters. The third-order valence-electron chi connectivity index (χ3n) is 3.73. The minimum Gasteiger partial charge on any atom is -0.449 e. The highest BCUT2D eigenvalue weighted by Gasteiger charge is 2.21. The molecule has 0 fully saturated rings. The number of halogens is 2. The van der Waals surface area contributed by atoms with Gasteiger partial charge in [-0.3, -0.25) is 4.79 Å². The van der Waals surface area contributed by atoms with Gasteiger partial charge in [-0.1, -0.05) is 47.0 Å². The van der Waals surface area contributed by atoms with Crippen molar-refractivity contribution < 1.29 is 14.3 Å². The second-order valence-corrected chi connectivity index (χ2v) is 6.65. The molecule has 2 aromatic rings. The molecule has 0 radical (unpaired) electrons. The van der Waals surface area contributed by atoms with Gasteiger partial charge in [0.1, 0.15) is 0 Å². The first-order chi connectivity index (χ1) is 11.8. The summed E-state index contributed by atoms with van der Waals surface area (Å²) in [6, 6.07) is 11.7. The molecule has 0 aromatic heterocycles. The Hall–Kier alpha value is -2.04. The molecular formula is C19H19Cl2NO3. The molecule has 0 unspecified atom stereocenters. The Morgan fingerprint density at radius 1 is 1.04 bits per heavy atom. The van der Waals surface area contributed by atoms with E-state index in [-0.39, 0.29) is 6.04 Å². The molecule has 1 N–H and O–H groups in total. The fourth-order valence-corrected chi connectivity index (χ4v) is 2.81. The van der Waals surface area contributed by atoms with Gasteiger partial charge in [-0.05, 0) is 50.6 Å². The zero-order chi connectivity index (χ0) is 18.6. The molecule has 0 aliphatic heterocycles. The summed E-state index contributed by atoms with van der Waals surface area (Å²) >= 11 is 12.0. The summed E-state index contributed by atoms with van der Waals surface area (Å²) < 4.78 is 5.22. The van der Waals surface area contributed by atoms with Crippen LogP contribution >= 0.6 is 23.2 Å². The van der Waals surface area contributed by atoms with E-state index in [0.29, 0.717) is 15.6 Å². The summed E-state index contributed by atoms with van der Waals surface area (Å²) in [4.78, 5) is 24.3. The number of carbonyl (C=O) groups is 2. The van der Waals surface area contributed by atoms with Crippen molar-refractivity contribution in [2.75, 3.05) is 0 Å². The average Bonchev–Trinajstić information content (AvgIpc) is 2.55. The highest BCUT2D eigenvalue weighted by molar-refractivity contribution is 6.35. The van der Waals surface area contributed by atoms with Crippen molar-refractivity contribution in [3.05, 3.63) is 69.2 Å². The van der Waals surface area contributed by atoms with Gasteiger partial charge < -0.3 is 10.1 Å². The van der Waals surface area contributed by atoms with E-state index in [9.17, 15) is 9.59 Å². The van der Waals surface area contributed by atoms with Crippen LogP contribution in [0.5, 0.6) is 0 Å². The van der Waals surface area contributed by atoms with Gasteiger partial charge in [-0.25, -0.2) is 4.79 Å². The van der Waals surface area contributed by atoms with E-state index >= 15 is 0 Å². The molecule has 4 nitrogen and oxygen atoms in total. The minimum atomic E-state index is -0.928. The zero-order valence-electron chi connectivity index (χ0n) is 14.2. The van der Waals surface area contributed by atoms with Gasteiger partial charge in [0.05, 0.1) is 11.6 Å². The van der Waals surface area contributed by atoms with Crippen LogP contribution in [0.1, 0.15) is 41.4 Å². The Morgan fingerprint density at radius 2 is 1.68 bits per heavy atom. The molecule has 6 heteroatoms. The largest absolute Gasteiger partial charge is 0.449 e. The molecule has 2 aromatic carbocycles. The number of esters is 1. The van der Waals surface area contributed by atoms with E-state index in [0.717, 1.165) is 11.1 Å². The third-order valence-corrected chi connectivity index (χ3v) is 4.29. The normalized spacial score (nSPS) is 13.0. The maximum Gasteiger partial charge on any atom is 0.338 e. The molecule has 0 heterocycles. The quantitative estimate of drug-likeness (QED) is 0.764. The van der Waals surface area contributed by atoms with Crippen LogP contribution in [0.4, 0.5) is 0 Å². The second-order valence-electron chi connectivity index (χ2n) is 5.81. The Kier molecular flexibility index (Phi) is 6.45. The van der Waals surface area contributed by atoms with Crippen LogP contribution < -0.4 is 5.32 Å². The van der Waals surface area contributed by atoms with Crippen LogP contribution in [0.15, 0.2) is 42.5 Å². The van der Waals surface area contributed by atoms with Gasteiger partial charge >= 0.3 is 5.97 Å². The summed E-state index contributed by atoms with van der Waals surface area (Å²) in [5.41, 5.74) is 2.17. The molecule has 0 spiro atoms. The topological polar surface area (TPSA) is 55.4 Å². The number of nitrogens with one attached hydrogen (secondary N) is 1. The number of amides is 1. The van der Waals surface area contributed by atoms with E-state index in [1.165, 1.54) is 6.92 Å². The van der Waals surface area contributed by atoms with Gasteiger partial charge in [0.25, 0.3) is 5.91 Å². The summed E-state index contributed by atoms with van der Waals surface area (Å²) in [7, 11) is 0. The molecule has 25 heavy (non-hydrogen) atoms. The number of hydrogen-bond donors (Lipinski definition) is 1. The van der Waals surface area contributed by atoms with Crippen molar-refractivity contribution >= 4 is 35.1 Å². The average molecular weight is 380 g/mol. The van der Waals surface area contributed by atoms with Crippen LogP contribution in [0, 0.1) is 6.92 Å². The zero-order valence-corrected chi connectivity index (χ0v) is 15.7. The van der Waals surface area contributed by atoms with Gasteiger partial charge in [-0.15, -0.1) is 0 Å². The highest BCUT2D eigenvalue weighted by atomic mass is 35.5. The molecule has 132 valence electrons. The van der Waals surface area contributed by atoms with Crippen LogP contribution in [0.25, 0.3) is 0 Å². The molecule has 0 aliphatic rings. The lowest BCUT2D eigenvalue weighted by Crippen LogP contribution is -2.37. The Labute approximate surface area is 157 Å². The van der Waals surface area contributed by atoms with Crippen LogP contribution in [-0.4, -0.2) is 18.0 Å². The fraction of sp³-hybridized carbons (Fsp3) is 0.263. The van der Waals surface area contributed by atoms with Crippen molar-refractivity contribution in [1.29, 1.82) is 0 Å². The fourth-order valence-electron chi connectivity index (χ4n) is 2.23. The second kappa shape index (κ2) is 8.37. The summed E-state index contributed by atoms with van der Waals surface area (Å²) in [6.45, 7) is 5.24. The first-order valence-corrected chi connectivity index (χ1v) is 8.56. The van der Waals surface area contributed by atoms with E-state index in [1.54, 1.807) is 37.3 Å². The monoisotopic (exact) mass is 379 g/mol. The number of rotatable bonds is 5. The van der Waals surface area contributed by atoms with E-state index in [2.05, 4.69) is 5.32 Å². The number of hydrogen-bond acceptors (Lipinski definition) is 3. The molecule has 1 amide bonds. The van der Waals surface area contributed by atoms with E-state index < -0.39 is 18.0 Å². The van der Waals surface area contributed by atoms with Gasteiger partial charge in [0, 0.05) is 10.0 Å². The first kappa shape index (κ1) is 19.3. The lowest BCUT2D eigenvalue weighted by molar-refractivity contribution is -0.129. The van der Waals surface area contributed by atoms with Crippen molar-refractivity contribution in [2.24, 2.45) is 0 Å². The standard InChI is InChI=1S/C19H19Cl2NO3/c1-11-4-6-14(7-5-11)19(24)25-13(3)18(23)22-12(2)16-9-8-15(20)10-17(16)21/h4-10,12-13H,1-3H3,(H,22,23)/t12-,13+/m0/s1. The van der Waals surface area contributed by atoms with Crippen molar-refractivity contribution in [3.63, 3.8) is 0 Å². The predicted molar refractivity (Wildman–Crippen MR) is 99.1 cm³/mol. The minimum absolute atomic E-state index is 0.349. The highest BCUT2D eigenvalue weighted by Crippen LogP contribution is 2.26. The summed E-state index contributed by atoms with van der Waals surface area (Å²) in [5.74, 6) is -0.946. The number of ether oxygens (including phenoxy) is 1. The van der Waals surface area contributed by atoms with Crippen molar-refractivity contribution in [1.82, 2.24) is 5.32 Å². The molecule has 0 saturated heterocycles.